The van der Waals surface area contributed by atoms with Crippen molar-refractivity contribution >= 4 is 21.6 Å². The van der Waals surface area contributed by atoms with Crippen LogP contribution in [-0.4, -0.2) is 79.9 Å². The third-order valence-corrected chi connectivity index (χ3v) is 6.73. The highest BCUT2D eigenvalue weighted by Crippen LogP contribution is 2.21. The summed E-state index contributed by atoms with van der Waals surface area (Å²) < 4.78 is 32.2. The maximum Gasteiger partial charge on any atom is 0.269 e. The molecule has 2 saturated heterocycles. The lowest BCUT2D eigenvalue weighted by Gasteiger charge is -2.38. The number of nitro benzene ring substituents is 1. The summed E-state index contributed by atoms with van der Waals surface area (Å²) in [4.78, 5) is 24.4. The Morgan fingerprint density at radius 1 is 1.22 bits per heavy atom. The zero-order chi connectivity index (χ0) is 19.6. The number of hydrogen-bond acceptors (Lipinski definition) is 7. The van der Waals surface area contributed by atoms with Gasteiger partial charge in [-0.2, -0.15) is 4.31 Å². The molecule has 27 heavy (non-hydrogen) atoms. The maximum absolute atomic E-state index is 12.7. The van der Waals surface area contributed by atoms with Gasteiger partial charge in [0.15, 0.2) is 0 Å². The van der Waals surface area contributed by atoms with Gasteiger partial charge >= 0.3 is 0 Å². The van der Waals surface area contributed by atoms with Crippen LogP contribution in [0.3, 0.4) is 0 Å². The molecule has 1 amide bonds. The Hall–Kier alpha value is -2.08. The summed E-state index contributed by atoms with van der Waals surface area (Å²) in [5.74, 6) is -0.0883. The van der Waals surface area contributed by atoms with Crippen molar-refractivity contribution in [3.8, 4) is 0 Å². The molecule has 1 N–H and O–H groups in total. The molecule has 2 atom stereocenters. The molecule has 1 aromatic rings. The smallest absolute Gasteiger partial charge is 0.269 e. The average molecular weight is 398 g/mol. The Morgan fingerprint density at radius 2 is 1.85 bits per heavy atom. The van der Waals surface area contributed by atoms with Crippen LogP contribution in [0, 0.1) is 10.1 Å². The van der Waals surface area contributed by atoms with E-state index in [0.717, 1.165) is 0 Å². The van der Waals surface area contributed by atoms with Crippen molar-refractivity contribution in [3.05, 3.63) is 34.4 Å². The molecule has 0 unspecified atom stereocenters. The third-order valence-electron chi connectivity index (χ3n) is 4.82. The van der Waals surface area contributed by atoms with Gasteiger partial charge in [0.05, 0.1) is 22.5 Å². The van der Waals surface area contributed by atoms with Gasteiger partial charge in [0.1, 0.15) is 6.04 Å². The van der Waals surface area contributed by atoms with Crippen LogP contribution in [0.15, 0.2) is 29.2 Å². The Balaban J connectivity index is 1.64. The first kappa shape index (κ1) is 19.7. The zero-order valence-corrected chi connectivity index (χ0v) is 15.7. The molecule has 0 saturated carbocycles. The summed E-state index contributed by atoms with van der Waals surface area (Å²) >= 11 is 0. The molecule has 2 heterocycles. The number of nitrogens with zero attached hydrogens (tertiary/aromatic N) is 3. The van der Waals surface area contributed by atoms with Crippen LogP contribution in [0.5, 0.6) is 0 Å². The van der Waals surface area contributed by atoms with E-state index in [-0.39, 0.29) is 48.8 Å². The van der Waals surface area contributed by atoms with Gasteiger partial charge in [0.2, 0.25) is 15.9 Å². The zero-order valence-electron chi connectivity index (χ0n) is 14.9. The molecule has 0 aromatic heterocycles. The van der Waals surface area contributed by atoms with Gasteiger partial charge in [-0.15, -0.1) is 0 Å². The third kappa shape index (κ3) is 4.10. The van der Waals surface area contributed by atoms with E-state index in [1.807, 2.05) is 6.92 Å². The lowest BCUT2D eigenvalue weighted by Crippen LogP contribution is -2.60. The van der Waals surface area contributed by atoms with E-state index in [4.69, 9.17) is 4.74 Å². The number of carbonyl (C=O) groups excluding carboxylic acids is 1. The van der Waals surface area contributed by atoms with Crippen molar-refractivity contribution in [1.29, 1.82) is 0 Å². The van der Waals surface area contributed by atoms with Gasteiger partial charge in [-0.1, -0.05) is 0 Å². The topological polar surface area (TPSA) is 122 Å². The molecule has 2 aliphatic rings. The molecule has 0 aliphatic carbocycles. The average Bonchev–Trinajstić information content (AvgIpc) is 2.68. The fourth-order valence-electron chi connectivity index (χ4n) is 3.24. The summed E-state index contributed by atoms with van der Waals surface area (Å²) in [6.07, 6.45) is -0.229. The van der Waals surface area contributed by atoms with Crippen LogP contribution in [0.25, 0.3) is 0 Å². The molecule has 3 rings (SSSR count). The molecule has 10 nitrogen and oxygen atoms in total. The van der Waals surface area contributed by atoms with Gasteiger partial charge in [0.25, 0.3) is 5.69 Å². The maximum atomic E-state index is 12.7. The van der Waals surface area contributed by atoms with Crippen molar-refractivity contribution in [3.63, 3.8) is 0 Å². The first-order valence-corrected chi connectivity index (χ1v) is 10.1. The number of carbonyl (C=O) groups is 1. The SMILES string of the molecule is C[C@H]1OCCN[C@@H]1C(=O)N1CCN(S(=O)(=O)c2ccc([N+](=O)[O-])cc2)CC1. The predicted molar refractivity (Wildman–Crippen MR) is 95.6 cm³/mol. The number of amides is 1. The number of piperazine rings is 1. The van der Waals surface area contributed by atoms with Gasteiger partial charge in [-0.3, -0.25) is 14.9 Å². The van der Waals surface area contributed by atoms with E-state index in [1.165, 1.54) is 28.6 Å². The van der Waals surface area contributed by atoms with Gasteiger partial charge in [0, 0.05) is 44.9 Å². The highest BCUT2D eigenvalue weighted by molar-refractivity contribution is 7.89. The second kappa shape index (κ2) is 7.89. The van der Waals surface area contributed by atoms with E-state index in [0.29, 0.717) is 13.2 Å². The van der Waals surface area contributed by atoms with E-state index >= 15 is 0 Å². The van der Waals surface area contributed by atoms with Crippen molar-refractivity contribution in [2.24, 2.45) is 0 Å². The number of benzene rings is 1. The lowest BCUT2D eigenvalue weighted by atomic mass is 10.1. The minimum absolute atomic E-state index is 0.00356. The largest absolute Gasteiger partial charge is 0.375 e. The number of non-ortho nitro benzene ring substituents is 1. The minimum Gasteiger partial charge on any atom is -0.375 e. The first-order chi connectivity index (χ1) is 12.8. The molecule has 148 valence electrons. The molecular formula is C16H22N4O6S. The van der Waals surface area contributed by atoms with Crippen LogP contribution >= 0.6 is 0 Å². The highest BCUT2D eigenvalue weighted by Gasteiger charge is 2.35. The minimum atomic E-state index is -3.76. The Kier molecular flexibility index (Phi) is 5.75. The molecule has 0 bridgehead atoms. The number of morpholine rings is 1. The van der Waals surface area contributed by atoms with E-state index in [2.05, 4.69) is 5.32 Å². The molecular weight excluding hydrogens is 376 g/mol. The summed E-state index contributed by atoms with van der Waals surface area (Å²) in [6.45, 7) is 3.93. The predicted octanol–water partition coefficient (Wildman–Crippen LogP) is -0.195. The Labute approximate surface area is 157 Å². The van der Waals surface area contributed by atoms with Crippen LogP contribution in [0.4, 0.5) is 5.69 Å². The lowest BCUT2D eigenvalue weighted by molar-refractivity contribution is -0.384. The molecule has 1 aromatic carbocycles. The van der Waals surface area contributed by atoms with Crippen molar-refractivity contribution in [1.82, 2.24) is 14.5 Å². The fraction of sp³-hybridized carbons (Fsp3) is 0.562. The van der Waals surface area contributed by atoms with Gasteiger partial charge < -0.3 is 15.0 Å². The Morgan fingerprint density at radius 3 is 2.41 bits per heavy atom. The van der Waals surface area contributed by atoms with Crippen molar-refractivity contribution in [2.75, 3.05) is 39.3 Å². The van der Waals surface area contributed by atoms with Crippen molar-refractivity contribution in [2.45, 2.75) is 24.0 Å². The summed E-state index contributed by atoms with van der Waals surface area (Å²) in [5.41, 5.74) is -0.166. The van der Waals surface area contributed by atoms with Gasteiger partial charge in [-0.25, -0.2) is 8.42 Å². The Bertz CT molecular complexity index is 805. The van der Waals surface area contributed by atoms with Crippen LogP contribution < -0.4 is 5.32 Å². The van der Waals surface area contributed by atoms with Crippen LogP contribution in [0.1, 0.15) is 6.92 Å². The normalized spacial score (nSPS) is 24.6. The number of rotatable bonds is 4. The highest BCUT2D eigenvalue weighted by atomic mass is 32.2. The number of nitrogens with one attached hydrogen (secondary N) is 1. The molecule has 2 fully saturated rings. The van der Waals surface area contributed by atoms with E-state index in [1.54, 1.807) is 4.90 Å². The number of ether oxygens (including phenoxy) is 1. The summed E-state index contributed by atoms with van der Waals surface area (Å²) in [6, 6.07) is 4.38. The van der Waals surface area contributed by atoms with E-state index < -0.39 is 21.0 Å². The van der Waals surface area contributed by atoms with Crippen LogP contribution in [0.2, 0.25) is 0 Å². The van der Waals surface area contributed by atoms with Gasteiger partial charge in [-0.05, 0) is 19.1 Å². The second-order valence-corrected chi connectivity index (χ2v) is 8.43. The number of nitro groups is 1. The number of hydrogen-bond donors (Lipinski definition) is 1. The fourth-order valence-corrected chi connectivity index (χ4v) is 4.67. The standard InChI is InChI=1S/C16H22N4O6S/c1-12-15(17-6-11-26-12)16(21)18-7-9-19(10-8-18)27(24,25)14-4-2-13(3-5-14)20(22)23/h2-5,12,15,17H,6-11H2,1H3/t12-,15+/m1/s1. The monoisotopic (exact) mass is 398 g/mol. The first-order valence-electron chi connectivity index (χ1n) is 8.69. The number of sulfonamides is 1. The molecule has 11 heteroatoms. The molecule has 2 aliphatic heterocycles. The molecule has 0 radical (unpaired) electrons. The van der Waals surface area contributed by atoms with Crippen molar-refractivity contribution < 1.29 is 22.9 Å². The quantitative estimate of drug-likeness (QED) is 0.551. The van der Waals surface area contributed by atoms with E-state index in [9.17, 15) is 23.3 Å². The second-order valence-electron chi connectivity index (χ2n) is 6.49. The summed E-state index contributed by atoms with van der Waals surface area (Å²) in [7, 11) is -3.76. The summed E-state index contributed by atoms with van der Waals surface area (Å²) in [5, 5.41) is 13.9. The molecule has 0 spiro atoms. The van der Waals surface area contributed by atoms with Crippen LogP contribution in [-0.2, 0) is 19.6 Å².